The summed E-state index contributed by atoms with van der Waals surface area (Å²) in [6.07, 6.45) is 3.92. The zero-order chi connectivity index (χ0) is 20.7. The second-order valence-electron chi connectivity index (χ2n) is 8.25. The summed E-state index contributed by atoms with van der Waals surface area (Å²) in [4.78, 5) is 19.1. The fourth-order valence-electron chi connectivity index (χ4n) is 4.23. The van der Waals surface area contributed by atoms with E-state index in [1.807, 2.05) is 23.4 Å². The molecule has 3 heterocycles. The number of aryl methyl sites for hydroxylation is 2. The molecule has 2 aromatic carbocycles. The molecule has 1 N–H and O–H groups in total. The lowest BCUT2D eigenvalue weighted by molar-refractivity contribution is 0.174. The van der Waals surface area contributed by atoms with Crippen LogP contribution in [0, 0.1) is 19.8 Å². The minimum Gasteiger partial charge on any atom is -0.454 e. The van der Waals surface area contributed by atoms with Crippen molar-refractivity contribution in [2.24, 2.45) is 5.92 Å². The number of ether oxygens (including phenoxy) is 2. The highest BCUT2D eigenvalue weighted by atomic mass is 16.7. The number of imidazole rings is 1. The average molecular weight is 406 g/mol. The van der Waals surface area contributed by atoms with Crippen molar-refractivity contribution in [1.29, 1.82) is 0 Å². The van der Waals surface area contributed by atoms with Crippen molar-refractivity contribution in [2.75, 3.05) is 25.2 Å². The van der Waals surface area contributed by atoms with Crippen molar-refractivity contribution in [1.82, 2.24) is 14.5 Å². The van der Waals surface area contributed by atoms with Crippen molar-refractivity contribution in [3.8, 4) is 11.5 Å². The molecule has 156 valence electrons. The van der Waals surface area contributed by atoms with Crippen LogP contribution in [0.2, 0.25) is 0 Å². The lowest BCUT2D eigenvalue weighted by atomic mass is 9.97. The van der Waals surface area contributed by atoms with Gasteiger partial charge in [-0.05, 0) is 68.0 Å². The van der Waals surface area contributed by atoms with E-state index in [0.29, 0.717) is 17.4 Å². The Balaban J connectivity index is 1.18. The molecule has 0 saturated carbocycles. The summed E-state index contributed by atoms with van der Waals surface area (Å²) < 4.78 is 13.0. The molecule has 0 aliphatic carbocycles. The molecular formula is C23H26N4O3. The number of fused-ring (bicyclic) bond motifs is 2. The number of nitrogens with zero attached hydrogens (tertiary/aromatic N) is 3. The number of nitrogens with one attached hydrogen (secondary N) is 1. The van der Waals surface area contributed by atoms with Crippen LogP contribution in [0.5, 0.6) is 11.5 Å². The lowest BCUT2D eigenvalue weighted by Gasteiger charge is -2.32. The summed E-state index contributed by atoms with van der Waals surface area (Å²) in [5, 5.41) is 2.97. The number of hydrogen-bond acceptors (Lipinski definition) is 4. The van der Waals surface area contributed by atoms with Gasteiger partial charge in [-0.15, -0.1) is 0 Å². The Morgan fingerprint density at radius 1 is 1.10 bits per heavy atom. The highest BCUT2D eigenvalue weighted by Crippen LogP contribution is 2.34. The summed E-state index contributed by atoms with van der Waals surface area (Å²) in [5.74, 6) is 1.93. The van der Waals surface area contributed by atoms with Crippen molar-refractivity contribution in [2.45, 2.75) is 33.2 Å². The van der Waals surface area contributed by atoms with Crippen molar-refractivity contribution >= 4 is 22.8 Å². The molecule has 0 spiro atoms. The second kappa shape index (κ2) is 7.55. The van der Waals surface area contributed by atoms with Gasteiger partial charge in [-0.25, -0.2) is 9.78 Å². The molecule has 1 saturated heterocycles. The largest absolute Gasteiger partial charge is 0.454 e. The average Bonchev–Trinajstić information content (AvgIpc) is 3.36. The Bertz CT molecular complexity index is 1100. The van der Waals surface area contributed by atoms with Gasteiger partial charge < -0.3 is 24.3 Å². The standard InChI is InChI=1S/C23H26N4O3/c1-15-9-19-20(10-16(15)2)27(13-24-19)12-17-5-7-26(8-6-17)23(28)25-18-3-4-21-22(11-18)30-14-29-21/h3-4,9-11,13,17H,5-8,12,14H2,1-2H3,(H,25,28). The Morgan fingerprint density at radius 2 is 1.87 bits per heavy atom. The van der Waals surface area contributed by atoms with Gasteiger partial charge in [0.25, 0.3) is 0 Å². The predicted octanol–water partition coefficient (Wildman–Crippen LogP) is 4.33. The van der Waals surface area contributed by atoms with E-state index in [9.17, 15) is 4.79 Å². The molecule has 2 aliphatic rings. The zero-order valence-corrected chi connectivity index (χ0v) is 17.4. The number of benzene rings is 2. The number of piperidine rings is 1. The van der Waals surface area contributed by atoms with Gasteiger partial charge in [0.2, 0.25) is 6.79 Å². The first-order valence-electron chi connectivity index (χ1n) is 10.4. The SMILES string of the molecule is Cc1cc2ncn(CC3CCN(C(=O)Nc4ccc5c(c4)OCO5)CC3)c2cc1C. The van der Waals surface area contributed by atoms with Gasteiger partial charge in [-0.3, -0.25) is 0 Å². The van der Waals surface area contributed by atoms with Crippen LogP contribution >= 0.6 is 0 Å². The lowest BCUT2D eigenvalue weighted by Crippen LogP contribution is -2.41. The molecule has 5 rings (SSSR count). The molecule has 0 radical (unpaired) electrons. The van der Waals surface area contributed by atoms with Crippen LogP contribution in [-0.4, -0.2) is 40.4 Å². The fraction of sp³-hybridized carbons (Fsp3) is 0.391. The smallest absolute Gasteiger partial charge is 0.321 e. The number of hydrogen-bond donors (Lipinski definition) is 1. The minimum absolute atomic E-state index is 0.0634. The van der Waals surface area contributed by atoms with Gasteiger partial charge in [0, 0.05) is 31.4 Å². The van der Waals surface area contributed by atoms with Gasteiger partial charge in [0.15, 0.2) is 11.5 Å². The monoisotopic (exact) mass is 406 g/mol. The van der Waals surface area contributed by atoms with Crippen LogP contribution in [0.15, 0.2) is 36.7 Å². The van der Waals surface area contributed by atoms with E-state index in [1.165, 1.54) is 16.6 Å². The number of carbonyl (C=O) groups is 1. The van der Waals surface area contributed by atoms with Gasteiger partial charge >= 0.3 is 6.03 Å². The molecule has 1 aromatic heterocycles. The van der Waals surface area contributed by atoms with Crippen molar-refractivity contribution in [3.05, 3.63) is 47.8 Å². The van der Waals surface area contributed by atoms with Crippen molar-refractivity contribution < 1.29 is 14.3 Å². The van der Waals surface area contributed by atoms with E-state index in [0.717, 1.165) is 43.7 Å². The normalized spacial score (nSPS) is 16.3. The van der Waals surface area contributed by atoms with Gasteiger partial charge in [0.05, 0.1) is 17.4 Å². The molecule has 30 heavy (non-hydrogen) atoms. The Labute approximate surface area is 175 Å². The number of likely N-dealkylation sites (tertiary alicyclic amines) is 1. The predicted molar refractivity (Wildman–Crippen MR) is 115 cm³/mol. The molecule has 0 bridgehead atoms. The minimum atomic E-state index is -0.0634. The van der Waals surface area contributed by atoms with Crippen molar-refractivity contribution in [3.63, 3.8) is 0 Å². The van der Waals surface area contributed by atoms with Crippen LogP contribution < -0.4 is 14.8 Å². The molecule has 1 fully saturated rings. The summed E-state index contributed by atoms with van der Waals surface area (Å²) in [7, 11) is 0. The van der Waals surface area contributed by atoms with Crippen LogP contribution in [0.1, 0.15) is 24.0 Å². The zero-order valence-electron chi connectivity index (χ0n) is 17.4. The van der Waals surface area contributed by atoms with Crippen LogP contribution in [0.25, 0.3) is 11.0 Å². The molecular weight excluding hydrogens is 380 g/mol. The maximum Gasteiger partial charge on any atom is 0.321 e. The highest BCUT2D eigenvalue weighted by molar-refractivity contribution is 5.89. The Hall–Kier alpha value is -3.22. The Kier molecular flexibility index (Phi) is 4.73. The van der Waals surface area contributed by atoms with Gasteiger partial charge in [0.1, 0.15) is 0 Å². The molecule has 7 heteroatoms. The molecule has 2 amide bonds. The topological polar surface area (TPSA) is 68.6 Å². The van der Waals surface area contributed by atoms with Gasteiger partial charge in [-0.1, -0.05) is 0 Å². The van der Waals surface area contributed by atoms with E-state index in [1.54, 1.807) is 6.07 Å². The fourth-order valence-corrected chi connectivity index (χ4v) is 4.23. The third-order valence-corrected chi connectivity index (χ3v) is 6.22. The summed E-state index contributed by atoms with van der Waals surface area (Å²) in [6, 6.07) is 9.79. The van der Waals surface area contributed by atoms with E-state index in [4.69, 9.17) is 9.47 Å². The molecule has 2 aliphatic heterocycles. The highest BCUT2D eigenvalue weighted by Gasteiger charge is 2.24. The summed E-state index contributed by atoms with van der Waals surface area (Å²) >= 11 is 0. The number of urea groups is 1. The van der Waals surface area contributed by atoms with E-state index >= 15 is 0 Å². The first-order valence-corrected chi connectivity index (χ1v) is 10.4. The Morgan fingerprint density at radius 3 is 2.70 bits per heavy atom. The third-order valence-electron chi connectivity index (χ3n) is 6.22. The van der Waals surface area contributed by atoms with E-state index in [-0.39, 0.29) is 12.8 Å². The maximum absolute atomic E-state index is 12.7. The first-order chi connectivity index (χ1) is 14.6. The number of anilines is 1. The van der Waals surface area contributed by atoms with Crippen LogP contribution in [0.3, 0.4) is 0 Å². The first kappa shape index (κ1) is 18.8. The second-order valence-corrected chi connectivity index (χ2v) is 8.25. The van der Waals surface area contributed by atoms with Crippen LogP contribution in [0.4, 0.5) is 10.5 Å². The molecule has 3 aromatic rings. The summed E-state index contributed by atoms with van der Waals surface area (Å²) in [5.41, 5.74) is 5.54. The quantitative estimate of drug-likeness (QED) is 0.703. The van der Waals surface area contributed by atoms with Gasteiger partial charge in [-0.2, -0.15) is 0 Å². The van der Waals surface area contributed by atoms with Crippen LogP contribution in [-0.2, 0) is 6.54 Å². The molecule has 7 nitrogen and oxygen atoms in total. The van der Waals surface area contributed by atoms with E-state index < -0.39 is 0 Å². The number of amides is 2. The number of rotatable bonds is 3. The molecule has 0 unspecified atom stereocenters. The van der Waals surface area contributed by atoms with E-state index in [2.05, 4.69) is 40.8 Å². The number of aromatic nitrogens is 2. The number of carbonyl (C=O) groups excluding carboxylic acids is 1. The maximum atomic E-state index is 12.7. The molecule has 0 atom stereocenters. The third kappa shape index (κ3) is 3.56. The summed E-state index contributed by atoms with van der Waals surface area (Å²) in [6.45, 7) is 6.95.